The first-order chi connectivity index (χ1) is 22.2. The summed E-state index contributed by atoms with van der Waals surface area (Å²) in [6.45, 7) is 3.95. The number of aliphatic hydroxyl groups is 1. The van der Waals surface area contributed by atoms with Gasteiger partial charge in [0.15, 0.2) is 11.5 Å². The average Bonchev–Trinajstić information content (AvgIpc) is 3.79. The number of fused-ring (bicyclic) bond motifs is 2. The van der Waals surface area contributed by atoms with Crippen molar-refractivity contribution in [1.82, 2.24) is 8.75 Å². The van der Waals surface area contributed by atoms with E-state index < -0.39 is 11.8 Å². The molecule has 0 aliphatic carbocycles. The Morgan fingerprint density at radius 2 is 1.59 bits per heavy atom. The van der Waals surface area contributed by atoms with Gasteiger partial charge in [0.25, 0.3) is 5.79 Å². The van der Waals surface area contributed by atoms with Gasteiger partial charge in [-0.25, -0.2) is 4.79 Å². The van der Waals surface area contributed by atoms with Gasteiger partial charge in [0.1, 0.15) is 28.8 Å². The number of carbonyl (C=O) groups is 2. The minimum atomic E-state index is -1.99. The molecule has 0 amide bonds. The maximum Gasteiger partial charge on any atom is 0.342 e. The van der Waals surface area contributed by atoms with Gasteiger partial charge in [-0.15, -0.1) is 0 Å². The van der Waals surface area contributed by atoms with Gasteiger partial charge in [-0.1, -0.05) is 18.2 Å². The van der Waals surface area contributed by atoms with E-state index in [1.165, 1.54) is 0 Å². The lowest BCUT2D eigenvalue weighted by molar-refractivity contribution is -0.185. The van der Waals surface area contributed by atoms with Crippen LogP contribution in [0.5, 0.6) is 23.0 Å². The van der Waals surface area contributed by atoms with Gasteiger partial charge < -0.3 is 28.8 Å². The number of aryl methyl sites for hydroxylation is 2. The van der Waals surface area contributed by atoms with Crippen molar-refractivity contribution in [2.24, 2.45) is 0 Å². The summed E-state index contributed by atoms with van der Waals surface area (Å²) in [5.41, 5.74) is 6.62. The number of ether oxygens (including phenoxy) is 5. The number of rotatable bonds is 7. The molecule has 0 spiro atoms. The molecule has 0 radical (unpaired) electrons. The molecule has 234 valence electrons. The number of aldehydes is 1. The first-order valence-electron chi connectivity index (χ1n) is 14.3. The molecular formula is C35H30N2O8S. The number of hydrogen-bond donors (Lipinski definition) is 1. The van der Waals surface area contributed by atoms with E-state index in [4.69, 9.17) is 23.7 Å². The topological polar surface area (TPSA) is 126 Å². The number of cyclic esters (lactones) is 1. The zero-order chi connectivity index (χ0) is 32.4. The number of esters is 1. The predicted molar refractivity (Wildman–Crippen MR) is 171 cm³/mol. The molecular weight excluding hydrogens is 608 g/mol. The number of benzene rings is 4. The third-order valence-corrected chi connectivity index (χ3v) is 8.41. The maximum absolute atomic E-state index is 13.3. The average molecular weight is 639 g/mol. The van der Waals surface area contributed by atoms with Crippen LogP contribution in [0, 0.1) is 13.8 Å². The monoisotopic (exact) mass is 638 g/mol. The zero-order valence-electron chi connectivity index (χ0n) is 25.5. The fourth-order valence-corrected chi connectivity index (χ4v) is 6.06. The molecule has 10 nitrogen and oxygen atoms in total. The molecule has 0 saturated heterocycles. The normalized spacial score (nSPS) is 16.6. The lowest BCUT2D eigenvalue weighted by atomic mass is 9.87. The molecule has 11 heteroatoms. The van der Waals surface area contributed by atoms with Crippen LogP contribution >= 0.6 is 11.7 Å². The van der Waals surface area contributed by atoms with Crippen molar-refractivity contribution in [3.63, 3.8) is 0 Å². The lowest BCUT2D eigenvalue weighted by Crippen LogP contribution is -2.29. The number of aromatic nitrogens is 2. The fourth-order valence-electron chi connectivity index (χ4n) is 5.55. The molecule has 2 aliphatic rings. The van der Waals surface area contributed by atoms with Gasteiger partial charge in [0.05, 0.1) is 31.5 Å². The maximum atomic E-state index is 13.3. The van der Waals surface area contributed by atoms with Crippen LogP contribution in [0.4, 0.5) is 0 Å². The summed E-state index contributed by atoms with van der Waals surface area (Å²) in [4.78, 5) is 23.6. The summed E-state index contributed by atoms with van der Waals surface area (Å²) >= 11 is 1.10. The number of methoxy groups -OCH3 is 2. The van der Waals surface area contributed by atoms with E-state index in [9.17, 15) is 14.7 Å². The molecule has 7 rings (SSSR count). The van der Waals surface area contributed by atoms with Crippen LogP contribution in [0.15, 0.2) is 78.4 Å². The Morgan fingerprint density at radius 1 is 0.870 bits per heavy atom. The van der Waals surface area contributed by atoms with Crippen LogP contribution in [0.2, 0.25) is 0 Å². The van der Waals surface area contributed by atoms with Crippen molar-refractivity contribution in [3.8, 4) is 23.0 Å². The molecule has 1 aromatic heterocycles. The molecule has 4 aromatic carbocycles. The molecule has 3 heterocycles. The van der Waals surface area contributed by atoms with E-state index in [0.29, 0.717) is 44.9 Å². The molecule has 1 unspecified atom stereocenters. The number of carbonyl (C=O) groups excluding carboxylic acids is 2. The van der Waals surface area contributed by atoms with Gasteiger partial charge >= 0.3 is 5.97 Å². The lowest BCUT2D eigenvalue weighted by Gasteiger charge is -2.26. The van der Waals surface area contributed by atoms with Crippen LogP contribution in [0.3, 0.4) is 0 Å². The SMILES string of the molecule is COc1ccc(C=O)cc1C.COc1ccc(CC2=C(c3ccc4nsnc4c3)C(=O)OC2(O)c2ccc3c(c2)OCO3)cc1C. The van der Waals surface area contributed by atoms with Crippen molar-refractivity contribution < 1.29 is 38.4 Å². The van der Waals surface area contributed by atoms with E-state index in [1.54, 1.807) is 62.8 Å². The quantitative estimate of drug-likeness (QED) is 0.169. The van der Waals surface area contributed by atoms with Crippen LogP contribution in [-0.2, 0) is 21.7 Å². The molecule has 0 bridgehead atoms. The largest absolute Gasteiger partial charge is 0.496 e. The van der Waals surface area contributed by atoms with Gasteiger partial charge in [0, 0.05) is 23.1 Å². The van der Waals surface area contributed by atoms with Crippen molar-refractivity contribution >= 4 is 40.6 Å². The van der Waals surface area contributed by atoms with E-state index in [1.807, 2.05) is 38.1 Å². The molecule has 0 saturated carbocycles. The molecule has 5 aromatic rings. The van der Waals surface area contributed by atoms with Crippen LogP contribution in [0.1, 0.15) is 38.2 Å². The van der Waals surface area contributed by atoms with Gasteiger partial charge in [-0.3, -0.25) is 4.79 Å². The van der Waals surface area contributed by atoms with Gasteiger partial charge in [-0.2, -0.15) is 8.75 Å². The molecule has 1 atom stereocenters. The summed E-state index contributed by atoms with van der Waals surface area (Å²) in [6, 6.07) is 21.5. The first-order valence-corrected chi connectivity index (χ1v) is 15.0. The Bertz CT molecular complexity index is 2000. The Labute approximate surface area is 269 Å². The van der Waals surface area contributed by atoms with E-state index in [0.717, 1.165) is 51.7 Å². The van der Waals surface area contributed by atoms with Crippen molar-refractivity contribution in [3.05, 3.63) is 112 Å². The summed E-state index contributed by atoms with van der Waals surface area (Å²) in [7, 11) is 3.23. The highest BCUT2D eigenvalue weighted by atomic mass is 32.1. The standard InChI is InChI=1S/C26H20N2O6S.C9H10O2/c1-14-9-15(3-7-21(14)31-2)10-18-24(16-4-6-19-20(11-16)28-35-27-19)25(29)34-26(18,30)17-5-8-22-23(12-17)33-13-32-22;1-7-5-8(6-10)3-4-9(7)11-2/h3-9,11-12,30H,10,13H2,1-2H3;3-6H,1-2H3. The second kappa shape index (κ2) is 12.6. The molecule has 1 N–H and O–H groups in total. The summed E-state index contributed by atoms with van der Waals surface area (Å²) in [5.74, 6) is 0.0174. The highest BCUT2D eigenvalue weighted by molar-refractivity contribution is 7.00. The van der Waals surface area contributed by atoms with E-state index in [2.05, 4.69) is 8.75 Å². The Morgan fingerprint density at radius 3 is 2.30 bits per heavy atom. The molecule has 46 heavy (non-hydrogen) atoms. The van der Waals surface area contributed by atoms with Crippen molar-refractivity contribution in [1.29, 1.82) is 0 Å². The van der Waals surface area contributed by atoms with Gasteiger partial charge in [-0.05, 0) is 90.7 Å². The van der Waals surface area contributed by atoms with Crippen molar-refractivity contribution in [2.75, 3.05) is 21.0 Å². The predicted octanol–water partition coefficient (Wildman–Crippen LogP) is 5.95. The molecule has 0 fully saturated rings. The minimum Gasteiger partial charge on any atom is -0.496 e. The highest BCUT2D eigenvalue weighted by Crippen LogP contribution is 2.47. The van der Waals surface area contributed by atoms with Crippen LogP contribution in [-0.4, -0.2) is 47.1 Å². The second-order valence-electron chi connectivity index (χ2n) is 10.8. The highest BCUT2D eigenvalue weighted by Gasteiger charge is 2.48. The van der Waals surface area contributed by atoms with Crippen LogP contribution < -0.4 is 18.9 Å². The first kappa shape index (κ1) is 30.8. The smallest absolute Gasteiger partial charge is 0.342 e. The number of nitrogens with zero attached hydrogens (tertiary/aromatic N) is 2. The van der Waals surface area contributed by atoms with Gasteiger partial charge in [0.2, 0.25) is 6.79 Å². The fraction of sp³-hybridized carbons (Fsp3) is 0.200. The molecule has 2 aliphatic heterocycles. The van der Waals surface area contributed by atoms with Crippen molar-refractivity contribution in [2.45, 2.75) is 26.1 Å². The second-order valence-corrected chi connectivity index (χ2v) is 11.3. The van der Waals surface area contributed by atoms with Crippen LogP contribution in [0.25, 0.3) is 16.6 Å². The third-order valence-electron chi connectivity index (χ3n) is 7.86. The summed E-state index contributed by atoms with van der Waals surface area (Å²) in [5, 5.41) is 11.9. The summed E-state index contributed by atoms with van der Waals surface area (Å²) in [6.07, 6.45) is 1.09. The minimum absolute atomic E-state index is 0.0950. The zero-order valence-corrected chi connectivity index (χ0v) is 26.3. The van der Waals surface area contributed by atoms with E-state index in [-0.39, 0.29) is 13.2 Å². The Hall–Kier alpha value is -5.26. The third kappa shape index (κ3) is 5.78. The van der Waals surface area contributed by atoms with E-state index >= 15 is 0 Å². The Balaban J connectivity index is 0.000000288. The number of hydrogen-bond acceptors (Lipinski definition) is 11. The summed E-state index contributed by atoms with van der Waals surface area (Å²) < 4.78 is 35.6. The Kier molecular flexibility index (Phi) is 8.44.